The first-order valence-electron chi connectivity index (χ1n) is 6.95. The van der Waals surface area contributed by atoms with Crippen molar-refractivity contribution in [3.8, 4) is 0 Å². The number of unbranched alkanes of at least 4 members (excludes halogenated alkanes) is 2. The maximum absolute atomic E-state index is 11.8. The number of allylic oxidation sites excluding steroid dienone is 2. The number of β-lactam (4-membered cyclic amide) rings is 1. The standard InChI is InChI=1S/C15H22N2O3/c1-3-5-7-8-10-14(19)17-11-12(15(17)20)16-13(18)9-6-4-2/h3-4,12H,1-2,5-11H2,(H,16,18)/t12-/m0/s1. The van der Waals surface area contributed by atoms with E-state index in [4.69, 9.17) is 0 Å². The largest absolute Gasteiger partial charge is 0.343 e. The van der Waals surface area contributed by atoms with E-state index >= 15 is 0 Å². The third-order valence-corrected chi connectivity index (χ3v) is 3.19. The van der Waals surface area contributed by atoms with Crippen LogP contribution in [0.2, 0.25) is 0 Å². The summed E-state index contributed by atoms with van der Waals surface area (Å²) >= 11 is 0. The highest BCUT2D eigenvalue weighted by molar-refractivity contribution is 6.04. The molecule has 1 saturated heterocycles. The molecule has 0 spiro atoms. The van der Waals surface area contributed by atoms with Crippen LogP contribution in [0.15, 0.2) is 25.3 Å². The van der Waals surface area contributed by atoms with Crippen LogP contribution in [0.25, 0.3) is 0 Å². The van der Waals surface area contributed by atoms with E-state index in [-0.39, 0.29) is 17.7 Å². The first kappa shape index (κ1) is 16.1. The van der Waals surface area contributed by atoms with E-state index in [0.717, 1.165) is 19.3 Å². The Labute approximate surface area is 119 Å². The van der Waals surface area contributed by atoms with Crippen LogP contribution in [0, 0.1) is 0 Å². The number of likely N-dealkylation sites (tertiary alicyclic amines) is 1. The molecule has 5 heteroatoms. The van der Waals surface area contributed by atoms with E-state index in [1.807, 2.05) is 6.08 Å². The lowest BCUT2D eigenvalue weighted by molar-refractivity contribution is -0.157. The molecule has 1 fully saturated rings. The van der Waals surface area contributed by atoms with Crippen LogP contribution in [-0.2, 0) is 14.4 Å². The van der Waals surface area contributed by atoms with Crippen LogP contribution >= 0.6 is 0 Å². The fourth-order valence-corrected chi connectivity index (χ4v) is 1.96. The molecular formula is C15H22N2O3. The molecule has 1 aliphatic heterocycles. The van der Waals surface area contributed by atoms with E-state index in [1.54, 1.807) is 6.08 Å². The summed E-state index contributed by atoms with van der Waals surface area (Å²) in [5.74, 6) is -0.636. The zero-order chi connectivity index (χ0) is 15.0. The van der Waals surface area contributed by atoms with Gasteiger partial charge in [-0.1, -0.05) is 12.2 Å². The van der Waals surface area contributed by atoms with E-state index < -0.39 is 6.04 Å². The van der Waals surface area contributed by atoms with Crippen molar-refractivity contribution in [1.82, 2.24) is 10.2 Å². The SMILES string of the molecule is C=CCCCCC(=O)N1C[C@H](NC(=O)CCC=C)C1=O. The molecule has 110 valence electrons. The summed E-state index contributed by atoms with van der Waals surface area (Å²) in [5, 5.41) is 2.62. The van der Waals surface area contributed by atoms with Crippen LogP contribution < -0.4 is 5.32 Å². The summed E-state index contributed by atoms with van der Waals surface area (Å²) in [7, 11) is 0. The number of rotatable bonds is 9. The molecule has 1 rings (SSSR count). The zero-order valence-corrected chi connectivity index (χ0v) is 11.8. The molecule has 1 heterocycles. The minimum Gasteiger partial charge on any atom is -0.343 e. The molecule has 0 aromatic rings. The number of nitrogens with zero attached hydrogens (tertiary/aromatic N) is 1. The Bertz CT molecular complexity index is 404. The van der Waals surface area contributed by atoms with Gasteiger partial charge in [0.2, 0.25) is 11.8 Å². The normalized spacial score (nSPS) is 17.3. The summed E-state index contributed by atoms with van der Waals surface area (Å²) < 4.78 is 0. The number of carbonyl (C=O) groups is 3. The van der Waals surface area contributed by atoms with Crippen LogP contribution in [-0.4, -0.2) is 35.2 Å². The minimum absolute atomic E-state index is 0.157. The number of nitrogens with one attached hydrogen (secondary N) is 1. The molecule has 0 aliphatic carbocycles. The molecule has 1 aliphatic rings. The van der Waals surface area contributed by atoms with Gasteiger partial charge in [-0.05, 0) is 25.7 Å². The average Bonchev–Trinajstić information content (AvgIpc) is 2.44. The highest BCUT2D eigenvalue weighted by Crippen LogP contribution is 2.14. The summed E-state index contributed by atoms with van der Waals surface area (Å²) in [4.78, 5) is 36.2. The smallest absolute Gasteiger partial charge is 0.253 e. The number of imide groups is 1. The Balaban J connectivity index is 2.24. The predicted molar refractivity (Wildman–Crippen MR) is 76.7 cm³/mol. The molecule has 0 unspecified atom stereocenters. The number of amides is 3. The van der Waals surface area contributed by atoms with Gasteiger partial charge in [0.15, 0.2) is 0 Å². The Morgan fingerprint density at radius 2 is 1.90 bits per heavy atom. The van der Waals surface area contributed by atoms with Crippen molar-refractivity contribution in [3.63, 3.8) is 0 Å². The minimum atomic E-state index is -0.538. The predicted octanol–water partition coefficient (Wildman–Crippen LogP) is 1.55. The fourth-order valence-electron chi connectivity index (χ4n) is 1.96. The Morgan fingerprint density at radius 3 is 2.50 bits per heavy atom. The lowest BCUT2D eigenvalue weighted by Crippen LogP contribution is -2.65. The highest BCUT2D eigenvalue weighted by atomic mass is 16.2. The topological polar surface area (TPSA) is 66.5 Å². The second-order valence-corrected chi connectivity index (χ2v) is 4.82. The van der Waals surface area contributed by atoms with Gasteiger partial charge in [-0.2, -0.15) is 0 Å². The van der Waals surface area contributed by atoms with Gasteiger partial charge < -0.3 is 5.32 Å². The fraction of sp³-hybridized carbons (Fsp3) is 0.533. The number of carbonyl (C=O) groups excluding carboxylic acids is 3. The lowest BCUT2D eigenvalue weighted by Gasteiger charge is -2.37. The van der Waals surface area contributed by atoms with E-state index in [0.29, 0.717) is 25.8 Å². The summed E-state index contributed by atoms with van der Waals surface area (Å²) in [6.45, 7) is 7.44. The van der Waals surface area contributed by atoms with Gasteiger partial charge in [0.05, 0.1) is 6.54 Å². The van der Waals surface area contributed by atoms with Crippen LogP contribution in [0.5, 0.6) is 0 Å². The average molecular weight is 278 g/mol. The third kappa shape index (κ3) is 4.64. The van der Waals surface area contributed by atoms with Gasteiger partial charge in [0.25, 0.3) is 5.91 Å². The van der Waals surface area contributed by atoms with Gasteiger partial charge in [0, 0.05) is 12.8 Å². The van der Waals surface area contributed by atoms with Crippen molar-refractivity contribution in [2.75, 3.05) is 6.54 Å². The van der Waals surface area contributed by atoms with Gasteiger partial charge >= 0.3 is 0 Å². The number of hydrogen-bond acceptors (Lipinski definition) is 3. The molecule has 20 heavy (non-hydrogen) atoms. The summed E-state index contributed by atoms with van der Waals surface area (Å²) in [5.41, 5.74) is 0. The first-order valence-corrected chi connectivity index (χ1v) is 6.95. The van der Waals surface area contributed by atoms with Crippen molar-refractivity contribution in [3.05, 3.63) is 25.3 Å². The second kappa shape index (κ2) is 8.30. The molecule has 3 amide bonds. The summed E-state index contributed by atoms with van der Waals surface area (Å²) in [6, 6.07) is -0.538. The second-order valence-electron chi connectivity index (χ2n) is 4.82. The molecule has 0 aromatic heterocycles. The summed E-state index contributed by atoms with van der Waals surface area (Å²) in [6.07, 6.45) is 7.28. The maximum atomic E-state index is 11.8. The third-order valence-electron chi connectivity index (χ3n) is 3.19. The Kier molecular flexibility index (Phi) is 6.70. The van der Waals surface area contributed by atoms with Crippen molar-refractivity contribution in [2.45, 2.75) is 44.6 Å². The Hall–Kier alpha value is -1.91. The molecule has 1 atom stereocenters. The van der Waals surface area contributed by atoms with Crippen molar-refractivity contribution in [1.29, 1.82) is 0 Å². The van der Waals surface area contributed by atoms with E-state index in [2.05, 4.69) is 18.5 Å². The first-order chi connectivity index (χ1) is 9.60. The van der Waals surface area contributed by atoms with Crippen LogP contribution in [0.1, 0.15) is 38.5 Å². The van der Waals surface area contributed by atoms with Gasteiger partial charge in [0.1, 0.15) is 6.04 Å². The highest BCUT2D eigenvalue weighted by Gasteiger charge is 2.40. The van der Waals surface area contributed by atoms with Crippen LogP contribution in [0.4, 0.5) is 0 Å². The van der Waals surface area contributed by atoms with E-state index in [9.17, 15) is 14.4 Å². The lowest BCUT2D eigenvalue weighted by atomic mass is 10.1. The van der Waals surface area contributed by atoms with E-state index in [1.165, 1.54) is 4.90 Å². The monoisotopic (exact) mass is 278 g/mol. The van der Waals surface area contributed by atoms with Gasteiger partial charge in [-0.15, -0.1) is 13.2 Å². The molecular weight excluding hydrogens is 256 g/mol. The van der Waals surface area contributed by atoms with Crippen molar-refractivity contribution >= 4 is 17.7 Å². The quantitative estimate of drug-likeness (QED) is 0.395. The van der Waals surface area contributed by atoms with Crippen LogP contribution in [0.3, 0.4) is 0 Å². The molecule has 1 N–H and O–H groups in total. The van der Waals surface area contributed by atoms with Gasteiger partial charge in [-0.25, -0.2) is 0 Å². The molecule has 0 bridgehead atoms. The maximum Gasteiger partial charge on any atom is 0.253 e. The molecule has 0 radical (unpaired) electrons. The van der Waals surface area contributed by atoms with Crippen molar-refractivity contribution in [2.24, 2.45) is 0 Å². The molecule has 0 aromatic carbocycles. The molecule has 5 nitrogen and oxygen atoms in total. The number of hydrogen-bond donors (Lipinski definition) is 1. The Morgan fingerprint density at radius 1 is 1.20 bits per heavy atom. The van der Waals surface area contributed by atoms with Crippen molar-refractivity contribution < 1.29 is 14.4 Å². The molecule has 0 saturated carbocycles. The van der Waals surface area contributed by atoms with Gasteiger partial charge in [-0.3, -0.25) is 19.3 Å². The zero-order valence-electron chi connectivity index (χ0n) is 11.8.